The largest absolute Gasteiger partial charge is 0.491 e. The number of amides is 2. The topological polar surface area (TPSA) is 104 Å². The third-order valence-corrected chi connectivity index (χ3v) is 2.95. The highest BCUT2D eigenvalue weighted by Gasteiger charge is 2.73. The van der Waals surface area contributed by atoms with Gasteiger partial charge in [-0.1, -0.05) is 0 Å². The van der Waals surface area contributed by atoms with Gasteiger partial charge in [-0.25, -0.2) is 4.98 Å². The summed E-state index contributed by atoms with van der Waals surface area (Å²) in [6.07, 6.45) is -5.73. The van der Waals surface area contributed by atoms with Crippen LogP contribution in [0.25, 0.3) is 0 Å². The maximum absolute atomic E-state index is 13.3. The lowest BCUT2D eigenvalue weighted by atomic mass is 10.2. The molecule has 0 unspecified atom stereocenters. The van der Waals surface area contributed by atoms with E-state index in [0.717, 1.165) is 19.4 Å². The highest BCUT2D eigenvalue weighted by molar-refractivity contribution is 6.05. The van der Waals surface area contributed by atoms with Crippen molar-refractivity contribution in [1.29, 1.82) is 0 Å². The van der Waals surface area contributed by atoms with Crippen LogP contribution >= 0.6 is 0 Å². The Morgan fingerprint density at radius 3 is 2.26 bits per heavy atom. The zero-order valence-corrected chi connectivity index (χ0v) is 13.4. The van der Waals surface area contributed by atoms with E-state index in [4.69, 9.17) is 5.73 Å². The summed E-state index contributed by atoms with van der Waals surface area (Å²) in [5.74, 6) is -15.6. The zero-order chi connectivity index (χ0) is 21.0. The van der Waals surface area contributed by atoms with Crippen molar-refractivity contribution in [3.8, 4) is 11.5 Å². The van der Waals surface area contributed by atoms with E-state index in [-0.39, 0.29) is 0 Å². The van der Waals surface area contributed by atoms with Gasteiger partial charge in [0.25, 0.3) is 5.91 Å². The number of nitrogens with one attached hydrogen (secondary N) is 1. The van der Waals surface area contributed by atoms with Crippen LogP contribution in [0.3, 0.4) is 0 Å². The first-order chi connectivity index (χ1) is 12.3. The van der Waals surface area contributed by atoms with Gasteiger partial charge in [-0.2, -0.15) is 30.7 Å². The number of hydrogen-bond acceptors (Lipinski definition) is 6. The summed E-state index contributed by atoms with van der Waals surface area (Å²) in [6, 6.07) is 0.780. The van der Waals surface area contributed by atoms with Gasteiger partial charge >= 0.3 is 18.0 Å². The van der Waals surface area contributed by atoms with Crippen molar-refractivity contribution in [2.24, 2.45) is 5.73 Å². The molecule has 3 N–H and O–H groups in total. The molecule has 0 aromatic carbocycles. The molecule has 152 valence electrons. The number of nitrogens with two attached hydrogens (primary N) is 1. The fraction of sp³-hybridized carbons (Fsp3) is 0.462. The number of ether oxygens (including phenoxy) is 2. The molecule has 0 aliphatic carbocycles. The number of aromatic nitrogens is 1. The number of halogens is 7. The van der Waals surface area contributed by atoms with E-state index in [0.29, 0.717) is 0 Å². The third-order valence-electron chi connectivity index (χ3n) is 2.95. The van der Waals surface area contributed by atoms with Crippen molar-refractivity contribution in [3.63, 3.8) is 0 Å². The summed E-state index contributed by atoms with van der Waals surface area (Å²) in [5, 5.41) is 1.75. The molecule has 0 saturated heterocycles. The Labute approximate surface area is 146 Å². The standard InChI is InChI=1S/C13H12F7N3O4/c1-26-9-6(2-3-22-8(9)10(25)23-7(24)4-21)27-5-11(14,15)12(16,17)13(18,19)20/h2-3H,4-5,21H2,1H3,(H,23,24,25). The first kappa shape index (κ1) is 22.4. The molecule has 0 aliphatic heterocycles. The number of methoxy groups -OCH3 is 1. The summed E-state index contributed by atoms with van der Waals surface area (Å²) in [7, 11) is 0.911. The fourth-order valence-electron chi connectivity index (χ4n) is 1.61. The van der Waals surface area contributed by atoms with Crippen LogP contribution in [-0.2, 0) is 4.79 Å². The smallest absolute Gasteiger partial charge is 0.460 e. The molecule has 14 heteroatoms. The highest BCUT2D eigenvalue weighted by Crippen LogP contribution is 2.46. The Morgan fingerprint density at radius 1 is 1.19 bits per heavy atom. The first-order valence-electron chi connectivity index (χ1n) is 6.81. The lowest BCUT2D eigenvalue weighted by Crippen LogP contribution is -2.54. The maximum atomic E-state index is 13.3. The molecule has 0 fully saturated rings. The second-order valence-corrected chi connectivity index (χ2v) is 4.84. The van der Waals surface area contributed by atoms with Crippen molar-refractivity contribution in [2.75, 3.05) is 20.3 Å². The number of carbonyl (C=O) groups excluding carboxylic acids is 2. The molecule has 27 heavy (non-hydrogen) atoms. The van der Waals surface area contributed by atoms with Gasteiger partial charge in [-0.15, -0.1) is 0 Å². The van der Waals surface area contributed by atoms with Crippen molar-refractivity contribution in [3.05, 3.63) is 18.0 Å². The molecule has 1 aromatic rings. The van der Waals surface area contributed by atoms with Gasteiger partial charge in [0.1, 0.15) is 0 Å². The summed E-state index contributed by atoms with van der Waals surface area (Å²) in [6.45, 7) is -2.97. The minimum Gasteiger partial charge on any atom is -0.491 e. The molecule has 0 atom stereocenters. The predicted octanol–water partition coefficient (Wildman–Crippen LogP) is 1.52. The van der Waals surface area contributed by atoms with Crippen LogP contribution in [0.5, 0.6) is 11.5 Å². The van der Waals surface area contributed by atoms with Crippen LogP contribution in [0.1, 0.15) is 10.5 Å². The molecule has 0 bridgehead atoms. The summed E-state index contributed by atoms with van der Waals surface area (Å²) >= 11 is 0. The highest BCUT2D eigenvalue weighted by atomic mass is 19.4. The number of carbonyl (C=O) groups is 2. The lowest BCUT2D eigenvalue weighted by molar-refractivity contribution is -0.358. The molecule has 0 spiro atoms. The predicted molar refractivity (Wildman–Crippen MR) is 73.8 cm³/mol. The van der Waals surface area contributed by atoms with E-state index in [1.807, 2.05) is 0 Å². The molecule has 1 rings (SSSR count). The van der Waals surface area contributed by atoms with Crippen LogP contribution in [0.15, 0.2) is 12.3 Å². The van der Waals surface area contributed by atoms with E-state index >= 15 is 0 Å². The monoisotopic (exact) mass is 407 g/mol. The maximum Gasteiger partial charge on any atom is 0.460 e. The molecule has 0 radical (unpaired) electrons. The Hall–Kier alpha value is -2.64. The molecule has 0 aliphatic rings. The van der Waals surface area contributed by atoms with Gasteiger partial charge in [0.2, 0.25) is 5.91 Å². The van der Waals surface area contributed by atoms with Gasteiger partial charge in [0.15, 0.2) is 23.8 Å². The SMILES string of the molecule is COc1c(OCC(F)(F)C(F)(F)C(F)(F)F)ccnc1C(=O)NC(=O)CN. The second-order valence-electron chi connectivity index (χ2n) is 4.84. The number of pyridine rings is 1. The minimum absolute atomic E-state index is 0.580. The Kier molecular flexibility index (Phi) is 6.59. The van der Waals surface area contributed by atoms with Crippen molar-refractivity contribution in [2.45, 2.75) is 18.0 Å². The van der Waals surface area contributed by atoms with Crippen molar-refractivity contribution in [1.82, 2.24) is 10.3 Å². The molecule has 1 aromatic heterocycles. The number of hydrogen-bond donors (Lipinski definition) is 2. The zero-order valence-electron chi connectivity index (χ0n) is 13.4. The van der Waals surface area contributed by atoms with E-state index in [9.17, 15) is 40.3 Å². The number of nitrogens with zero attached hydrogens (tertiary/aromatic N) is 1. The quantitative estimate of drug-likeness (QED) is 0.665. The molecular formula is C13H12F7N3O4. The molecule has 0 saturated carbocycles. The summed E-state index contributed by atoms with van der Waals surface area (Å²) < 4.78 is 97.7. The second kappa shape index (κ2) is 7.94. The number of rotatable bonds is 7. The normalized spacial score (nSPS) is 12.5. The van der Waals surface area contributed by atoms with Gasteiger partial charge < -0.3 is 15.2 Å². The molecular weight excluding hydrogens is 395 g/mol. The van der Waals surface area contributed by atoms with Gasteiger partial charge in [-0.05, 0) is 0 Å². The molecule has 1 heterocycles. The fourth-order valence-corrected chi connectivity index (χ4v) is 1.61. The lowest BCUT2D eigenvalue weighted by Gasteiger charge is -2.28. The average molecular weight is 407 g/mol. The third kappa shape index (κ3) is 4.75. The van der Waals surface area contributed by atoms with Crippen LogP contribution < -0.4 is 20.5 Å². The number of alkyl halides is 7. The van der Waals surface area contributed by atoms with Gasteiger partial charge in [-0.3, -0.25) is 14.9 Å². The Bertz CT molecular complexity index is 710. The Morgan fingerprint density at radius 2 is 1.78 bits per heavy atom. The van der Waals surface area contributed by atoms with Crippen LogP contribution in [0.4, 0.5) is 30.7 Å². The van der Waals surface area contributed by atoms with Gasteiger partial charge in [0.05, 0.1) is 13.7 Å². The summed E-state index contributed by atoms with van der Waals surface area (Å²) in [4.78, 5) is 26.4. The Balaban J connectivity index is 3.10. The van der Waals surface area contributed by atoms with E-state index in [2.05, 4.69) is 14.5 Å². The van der Waals surface area contributed by atoms with E-state index < -0.39 is 60.2 Å². The van der Waals surface area contributed by atoms with Gasteiger partial charge in [0, 0.05) is 12.3 Å². The first-order valence-corrected chi connectivity index (χ1v) is 6.81. The molecule has 2 amide bonds. The van der Waals surface area contributed by atoms with Crippen LogP contribution in [-0.4, -0.2) is 55.1 Å². The summed E-state index contributed by atoms with van der Waals surface area (Å²) in [5.41, 5.74) is 4.31. The van der Waals surface area contributed by atoms with Crippen molar-refractivity contribution < 1.29 is 49.8 Å². The van der Waals surface area contributed by atoms with Crippen molar-refractivity contribution >= 4 is 11.8 Å². The molecule has 7 nitrogen and oxygen atoms in total. The van der Waals surface area contributed by atoms with Crippen LogP contribution in [0, 0.1) is 0 Å². The number of imide groups is 1. The van der Waals surface area contributed by atoms with E-state index in [1.54, 1.807) is 5.32 Å². The minimum atomic E-state index is -6.52. The van der Waals surface area contributed by atoms with Crippen LogP contribution in [0.2, 0.25) is 0 Å². The average Bonchev–Trinajstić information content (AvgIpc) is 2.58. The van der Waals surface area contributed by atoms with E-state index in [1.165, 1.54) is 0 Å².